The van der Waals surface area contributed by atoms with Gasteiger partial charge in [0.05, 0.1) is 24.8 Å². The first kappa shape index (κ1) is 23.3. The van der Waals surface area contributed by atoms with Gasteiger partial charge in [0, 0.05) is 22.6 Å². The fourth-order valence-electron chi connectivity index (χ4n) is 4.59. The highest BCUT2D eigenvalue weighted by molar-refractivity contribution is 9.10. The van der Waals surface area contributed by atoms with Gasteiger partial charge >= 0.3 is 5.97 Å². The minimum atomic E-state index is -0.550. The van der Waals surface area contributed by atoms with Gasteiger partial charge in [-0.2, -0.15) is 0 Å². The van der Waals surface area contributed by atoms with E-state index in [4.69, 9.17) is 4.74 Å². The standard InChI is InChI=1S/C24H29BrN2O4/c1-15-21(23(30)31-3)19(26-22(15)16(2)28)13-20(29)27-24(11-5-4-6-12-24)14-17-7-9-18(25)10-8-17/h7-10,26H,4-6,11-14H2,1-3H3,(H,27,29). The number of nitrogens with one attached hydrogen (secondary N) is 2. The van der Waals surface area contributed by atoms with Crippen molar-refractivity contribution in [2.75, 3.05) is 7.11 Å². The van der Waals surface area contributed by atoms with E-state index in [9.17, 15) is 14.4 Å². The third-order valence-electron chi connectivity index (χ3n) is 6.08. The van der Waals surface area contributed by atoms with Gasteiger partial charge in [0.15, 0.2) is 5.78 Å². The lowest BCUT2D eigenvalue weighted by molar-refractivity contribution is -0.122. The second kappa shape index (κ2) is 9.81. The van der Waals surface area contributed by atoms with Crippen molar-refractivity contribution in [3.05, 3.63) is 56.8 Å². The number of esters is 1. The molecule has 0 unspecified atom stereocenters. The van der Waals surface area contributed by atoms with Crippen LogP contribution in [-0.4, -0.2) is 35.3 Å². The molecule has 2 N–H and O–H groups in total. The maximum Gasteiger partial charge on any atom is 0.339 e. The summed E-state index contributed by atoms with van der Waals surface area (Å²) in [7, 11) is 1.29. The summed E-state index contributed by atoms with van der Waals surface area (Å²) in [4.78, 5) is 40.3. The highest BCUT2D eigenvalue weighted by Gasteiger charge is 2.34. The maximum absolute atomic E-state index is 13.1. The predicted molar refractivity (Wildman–Crippen MR) is 122 cm³/mol. The summed E-state index contributed by atoms with van der Waals surface area (Å²) < 4.78 is 5.91. The first-order valence-corrected chi connectivity index (χ1v) is 11.4. The molecule has 1 heterocycles. The summed E-state index contributed by atoms with van der Waals surface area (Å²) in [5.41, 5.74) is 2.42. The molecule has 0 saturated heterocycles. The Bertz CT molecular complexity index is 972. The van der Waals surface area contributed by atoms with Crippen LogP contribution in [0, 0.1) is 6.92 Å². The number of ketones is 1. The van der Waals surface area contributed by atoms with E-state index in [-0.39, 0.29) is 29.2 Å². The number of benzene rings is 1. The molecule has 166 valence electrons. The Balaban J connectivity index is 1.83. The number of methoxy groups -OCH3 is 1. The van der Waals surface area contributed by atoms with Gasteiger partial charge in [-0.15, -0.1) is 0 Å². The lowest BCUT2D eigenvalue weighted by Crippen LogP contribution is -2.52. The number of halogens is 1. The van der Waals surface area contributed by atoms with Crippen LogP contribution in [0.25, 0.3) is 0 Å². The number of ether oxygens (including phenoxy) is 1. The lowest BCUT2D eigenvalue weighted by atomic mass is 9.77. The van der Waals surface area contributed by atoms with E-state index >= 15 is 0 Å². The number of rotatable bonds is 7. The number of carbonyl (C=O) groups is 3. The monoisotopic (exact) mass is 488 g/mol. The molecule has 1 saturated carbocycles. The Labute approximate surface area is 191 Å². The molecule has 0 aliphatic heterocycles. The minimum absolute atomic E-state index is 0.0133. The molecule has 1 aromatic carbocycles. The number of aromatic amines is 1. The average Bonchev–Trinajstić information content (AvgIpc) is 3.05. The zero-order valence-corrected chi connectivity index (χ0v) is 19.9. The summed E-state index contributed by atoms with van der Waals surface area (Å²) in [5.74, 6) is -0.903. The van der Waals surface area contributed by atoms with Crippen LogP contribution in [0.4, 0.5) is 0 Å². The fraction of sp³-hybridized carbons (Fsp3) is 0.458. The SMILES string of the molecule is COC(=O)c1c(CC(=O)NC2(Cc3ccc(Br)cc3)CCCCC2)[nH]c(C(C)=O)c1C. The molecular weight excluding hydrogens is 460 g/mol. The molecule has 6 nitrogen and oxygen atoms in total. The van der Waals surface area contributed by atoms with E-state index in [1.54, 1.807) is 6.92 Å². The molecule has 2 aromatic rings. The molecule has 0 bridgehead atoms. The van der Waals surface area contributed by atoms with E-state index in [1.165, 1.54) is 26.0 Å². The molecule has 0 radical (unpaired) electrons. The van der Waals surface area contributed by atoms with Gasteiger partial charge in [0.1, 0.15) is 0 Å². The Morgan fingerprint density at radius 3 is 2.35 bits per heavy atom. The van der Waals surface area contributed by atoms with Crippen molar-refractivity contribution in [3.63, 3.8) is 0 Å². The minimum Gasteiger partial charge on any atom is -0.465 e. The highest BCUT2D eigenvalue weighted by Crippen LogP contribution is 2.32. The summed E-state index contributed by atoms with van der Waals surface area (Å²) in [5, 5.41) is 3.28. The van der Waals surface area contributed by atoms with Gasteiger partial charge in [-0.3, -0.25) is 9.59 Å². The second-order valence-electron chi connectivity index (χ2n) is 8.40. The number of H-pyrrole nitrogens is 1. The lowest BCUT2D eigenvalue weighted by Gasteiger charge is -2.38. The van der Waals surface area contributed by atoms with E-state index in [1.807, 2.05) is 12.1 Å². The van der Waals surface area contributed by atoms with E-state index in [0.717, 1.165) is 36.6 Å². The van der Waals surface area contributed by atoms with Gasteiger partial charge in [0.2, 0.25) is 5.91 Å². The number of Topliss-reactive ketones (excluding diaryl/α,β-unsaturated/α-hetero) is 1. The molecule has 31 heavy (non-hydrogen) atoms. The normalized spacial score (nSPS) is 15.4. The third kappa shape index (κ3) is 5.45. The van der Waals surface area contributed by atoms with E-state index < -0.39 is 5.97 Å². The Morgan fingerprint density at radius 2 is 1.77 bits per heavy atom. The van der Waals surface area contributed by atoms with Crippen LogP contribution in [-0.2, 0) is 22.4 Å². The van der Waals surface area contributed by atoms with Crippen LogP contribution in [0.5, 0.6) is 0 Å². The van der Waals surface area contributed by atoms with Crippen molar-refractivity contribution in [1.29, 1.82) is 0 Å². The van der Waals surface area contributed by atoms with Gasteiger partial charge in [0.25, 0.3) is 0 Å². The summed E-state index contributed by atoms with van der Waals surface area (Å²) in [6.07, 6.45) is 5.89. The molecule has 1 amide bonds. The molecule has 0 atom stereocenters. The van der Waals surface area contributed by atoms with E-state index in [0.29, 0.717) is 17.0 Å². The first-order valence-electron chi connectivity index (χ1n) is 10.6. The van der Waals surface area contributed by atoms with Crippen molar-refractivity contribution in [2.45, 2.75) is 64.3 Å². The van der Waals surface area contributed by atoms with Crippen LogP contribution in [0.2, 0.25) is 0 Å². The number of aromatic nitrogens is 1. The second-order valence-corrected chi connectivity index (χ2v) is 9.31. The van der Waals surface area contributed by atoms with E-state index in [2.05, 4.69) is 38.4 Å². The Morgan fingerprint density at radius 1 is 1.13 bits per heavy atom. The Kier molecular flexibility index (Phi) is 7.36. The fourth-order valence-corrected chi connectivity index (χ4v) is 4.85. The largest absolute Gasteiger partial charge is 0.465 e. The van der Waals surface area contributed by atoms with Crippen LogP contribution < -0.4 is 5.32 Å². The molecule has 1 fully saturated rings. The van der Waals surface area contributed by atoms with Crippen LogP contribution >= 0.6 is 15.9 Å². The quantitative estimate of drug-likeness (QED) is 0.437. The summed E-state index contributed by atoms with van der Waals surface area (Å²) >= 11 is 3.47. The molecule has 1 aromatic heterocycles. The van der Waals surface area contributed by atoms with Gasteiger partial charge in [-0.1, -0.05) is 47.3 Å². The maximum atomic E-state index is 13.1. The van der Waals surface area contributed by atoms with Gasteiger partial charge in [-0.25, -0.2) is 4.79 Å². The van der Waals surface area contributed by atoms with Crippen molar-refractivity contribution >= 4 is 33.6 Å². The number of hydrogen-bond acceptors (Lipinski definition) is 4. The van der Waals surface area contributed by atoms with Crippen molar-refractivity contribution in [1.82, 2.24) is 10.3 Å². The van der Waals surface area contributed by atoms with Crippen molar-refractivity contribution in [2.24, 2.45) is 0 Å². The number of carbonyl (C=O) groups excluding carboxylic acids is 3. The smallest absolute Gasteiger partial charge is 0.339 e. The molecule has 0 spiro atoms. The topological polar surface area (TPSA) is 88.3 Å². The summed E-state index contributed by atoms with van der Waals surface area (Å²) in [6.45, 7) is 3.12. The number of hydrogen-bond donors (Lipinski definition) is 2. The zero-order chi connectivity index (χ0) is 22.6. The first-order chi connectivity index (χ1) is 14.7. The zero-order valence-electron chi connectivity index (χ0n) is 18.3. The summed E-state index contributed by atoms with van der Waals surface area (Å²) in [6, 6.07) is 8.19. The Hall–Kier alpha value is -2.41. The van der Waals surface area contributed by atoms with Crippen LogP contribution in [0.1, 0.15) is 76.7 Å². The van der Waals surface area contributed by atoms with Crippen molar-refractivity contribution in [3.8, 4) is 0 Å². The molecule has 3 rings (SSSR count). The van der Waals surface area contributed by atoms with Gasteiger partial charge < -0.3 is 15.0 Å². The van der Waals surface area contributed by atoms with Gasteiger partial charge in [-0.05, 0) is 49.4 Å². The molecule has 1 aliphatic rings. The van der Waals surface area contributed by atoms with Crippen LogP contribution in [0.3, 0.4) is 0 Å². The van der Waals surface area contributed by atoms with Crippen molar-refractivity contribution < 1.29 is 19.1 Å². The highest BCUT2D eigenvalue weighted by atomic mass is 79.9. The van der Waals surface area contributed by atoms with Crippen LogP contribution in [0.15, 0.2) is 28.7 Å². The third-order valence-corrected chi connectivity index (χ3v) is 6.61. The predicted octanol–water partition coefficient (Wildman–Crippen LogP) is 4.68. The average molecular weight is 489 g/mol. The molecule has 1 aliphatic carbocycles. The molecular formula is C24H29BrN2O4. The molecule has 7 heteroatoms. The number of amides is 1.